The lowest BCUT2D eigenvalue weighted by Crippen LogP contribution is -2.11. The number of benzene rings is 2. The highest BCUT2D eigenvalue weighted by Crippen LogP contribution is 2.21. The molecule has 0 aliphatic rings. The van der Waals surface area contributed by atoms with Gasteiger partial charge in [-0.2, -0.15) is 5.26 Å². The molecular weight excluding hydrogens is 268 g/mol. The van der Waals surface area contributed by atoms with Crippen LogP contribution >= 0.6 is 11.8 Å². The quantitative estimate of drug-likeness (QED) is 0.866. The number of hydrogen-bond donors (Lipinski definition) is 1. The van der Waals surface area contributed by atoms with E-state index in [-0.39, 0.29) is 5.91 Å². The number of carbonyl (C=O) groups is 1. The molecule has 2 aromatic rings. The van der Waals surface area contributed by atoms with Gasteiger partial charge in [-0.25, -0.2) is 0 Å². The fraction of sp³-hybridized carbons (Fsp3) is 0.125. The van der Waals surface area contributed by atoms with Crippen molar-refractivity contribution in [1.29, 1.82) is 5.26 Å². The number of amides is 1. The van der Waals surface area contributed by atoms with Crippen molar-refractivity contribution in [3.05, 3.63) is 59.7 Å². The van der Waals surface area contributed by atoms with Gasteiger partial charge in [0.25, 0.3) is 5.91 Å². The third-order valence-electron chi connectivity index (χ3n) is 2.71. The van der Waals surface area contributed by atoms with E-state index in [0.717, 1.165) is 16.1 Å². The van der Waals surface area contributed by atoms with Gasteiger partial charge in [0.15, 0.2) is 0 Å². The van der Waals surface area contributed by atoms with Crippen molar-refractivity contribution in [1.82, 2.24) is 0 Å². The Bertz CT molecular complexity index is 644. The third kappa shape index (κ3) is 3.87. The largest absolute Gasteiger partial charge is 0.322 e. The molecule has 3 nitrogen and oxygen atoms in total. The SMILES string of the molecule is Cc1ccc(C(=O)Nc2cccc(SCC#N)c2)cc1. The molecule has 0 aliphatic heterocycles. The second-order valence-electron chi connectivity index (χ2n) is 4.29. The highest BCUT2D eigenvalue weighted by atomic mass is 32.2. The van der Waals surface area contributed by atoms with E-state index >= 15 is 0 Å². The lowest BCUT2D eigenvalue weighted by Gasteiger charge is -2.07. The van der Waals surface area contributed by atoms with Gasteiger partial charge in [0.2, 0.25) is 0 Å². The van der Waals surface area contributed by atoms with Crippen molar-refractivity contribution in [2.75, 3.05) is 11.1 Å². The molecule has 0 atom stereocenters. The van der Waals surface area contributed by atoms with Gasteiger partial charge in [-0.05, 0) is 37.3 Å². The summed E-state index contributed by atoms with van der Waals surface area (Å²) >= 11 is 1.45. The molecule has 20 heavy (non-hydrogen) atoms. The van der Waals surface area contributed by atoms with E-state index in [4.69, 9.17) is 5.26 Å². The number of nitrogens with zero attached hydrogens (tertiary/aromatic N) is 1. The maximum absolute atomic E-state index is 12.1. The van der Waals surface area contributed by atoms with Crippen molar-refractivity contribution >= 4 is 23.4 Å². The fourth-order valence-corrected chi connectivity index (χ4v) is 2.30. The summed E-state index contributed by atoms with van der Waals surface area (Å²) in [6.45, 7) is 1.98. The molecule has 2 aromatic carbocycles. The Hall–Kier alpha value is -2.25. The van der Waals surface area contributed by atoms with Crippen molar-refractivity contribution < 1.29 is 4.79 Å². The van der Waals surface area contributed by atoms with Crippen LogP contribution in [0, 0.1) is 18.3 Å². The first-order chi connectivity index (χ1) is 9.69. The normalized spacial score (nSPS) is 9.80. The van der Waals surface area contributed by atoms with Crippen LogP contribution in [0.15, 0.2) is 53.4 Å². The van der Waals surface area contributed by atoms with Crippen LogP contribution in [0.4, 0.5) is 5.69 Å². The molecule has 0 radical (unpaired) electrons. The van der Waals surface area contributed by atoms with Gasteiger partial charge in [0.05, 0.1) is 11.8 Å². The summed E-state index contributed by atoms with van der Waals surface area (Å²) in [6, 6.07) is 17.0. The Kier molecular flexibility index (Phi) is 4.80. The molecule has 4 heteroatoms. The van der Waals surface area contributed by atoms with Gasteiger partial charge < -0.3 is 5.32 Å². The summed E-state index contributed by atoms with van der Waals surface area (Å²) < 4.78 is 0. The van der Waals surface area contributed by atoms with Gasteiger partial charge in [-0.15, -0.1) is 11.8 Å². The van der Waals surface area contributed by atoms with Crippen LogP contribution in [-0.2, 0) is 0 Å². The lowest BCUT2D eigenvalue weighted by molar-refractivity contribution is 0.102. The van der Waals surface area contributed by atoms with Crippen molar-refractivity contribution in [3.63, 3.8) is 0 Å². The maximum atomic E-state index is 12.1. The molecular formula is C16H14N2OS. The second-order valence-corrected chi connectivity index (χ2v) is 5.34. The average molecular weight is 282 g/mol. The van der Waals surface area contributed by atoms with Crippen LogP contribution in [0.25, 0.3) is 0 Å². The highest BCUT2D eigenvalue weighted by Gasteiger charge is 2.06. The van der Waals surface area contributed by atoms with E-state index in [2.05, 4.69) is 11.4 Å². The fourth-order valence-electron chi connectivity index (χ4n) is 1.69. The van der Waals surface area contributed by atoms with Crippen LogP contribution in [-0.4, -0.2) is 11.7 Å². The molecule has 1 amide bonds. The molecule has 1 N–H and O–H groups in total. The predicted molar refractivity (Wildman–Crippen MR) is 81.9 cm³/mol. The van der Waals surface area contributed by atoms with Crippen molar-refractivity contribution in [2.24, 2.45) is 0 Å². The zero-order chi connectivity index (χ0) is 14.4. The van der Waals surface area contributed by atoms with Gasteiger partial charge in [-0.3, -0.25) is 4.79 Å². The van der Waals surface area contributed by atoms with E-state index in [0.29, 0.717) is 11.3 Å². The molecule has 0 aliphatic carbocycles. The van der Waals surface area contributed by atoms with Gasteiger partial charge in [-0.1, -0.05) is 23.8 Å². The number of anilines is 1. The van der Waals surface area contributed by atoms with Crippen molar-refractivity contribution in [3.8, 4) is 6.07 Å². The molecule has 0 spiro atoms. The Morgan fingerprint density at radius 3 is 2.70 bits per heavy atom. The smallest absolute Gasteiger partial charge is 0.255 e. The first-order valence-corrected chi connectivity index (χ1v) is 7.15. The van der Waals surface area contributed by atoms with Crippen LogP contribution in [0.3, 0.4) is 0 Å². The second kappa shape index (κ2) is 6.78. The first kappa shape index (κ1) is 14.2. The molecule has 0 saturated carbocycles. The number of hydrogen-bond acceptors (Lipinski definition) is 3. The van der Waals surface area contributed by atoms with Crippen molar-refractivity contribution in [2.45, 2.75) is 11.8 Å². The minimum absolute atomic E-state index is 0.132. The standard InChI is InChI=1S/C16H14N2OS/c1-12-5-7-13(8-6-12)16(19)18-14-3-2-4-15(11-14)20-10-9-17/h2-8,11H,10H2,1H3,(H,18,19). The molecule has 0 bridgehead atoms. The minimum atomic E-state index is -0.132. The van der Waals surface area contributed by atoms with Crippen LogP contribution in [0.1, 0.15) is 15.9 Å². The van der Waals surface area contributed by atoms with E-state index in [1.54, 1.807) is 12.1 Å². The number of thioether (sulfide) groups is 1. The number of carbonyl (C=O) groups excluding carboxylic acids is 1. The summed E-state index contributed by atoms with van der Waals surface area (Å²) in [4.78, 5) is 13.0. The maximum Gasteiger partial charge on any atom is 0.255 e. The zero-order valence-electron chi connectivity index (χ0n) is 11.1. The summed E-state index contributed by atoms with van der Waals surface area (Å²) in [5.74, 6) is 0.266. The predicted octanol–water partition coefficient (Wildman–Crippen LogP) is 3.86. The summed E-state index contributed by atoms with van der Waals surface area (Å²) in [6.07, 6.45) is 0. The van der Waals surface area contributed by atoms with E-state index in [1.807, 2.05) is 43.3 Å². The highest BCUT2D eigenvalue weighted by molar-refractivity contribution is 7.99. The molecule has 100 valence electrons. The summed E-state index contributed by atoms with van der Waals surface area (Å²) in [5, 5.41) is 11.4. The number of rotatable bonds is 4. The molecule has 0 saturated heterocycles. The number of aryl methyl sites for hydroxylation is 1. The van der Waals surface area contributed by atoms with Crippen LogP contribution < -0.4 is 5.32 Å². The molecule has 0 aromatic heterocycles. The Labute approximate surface area is 122 Å². The lowest BCUT2D eigenvalue weighted by atomic mass is 10.1. The zero-order valence-corrected chi connectivity index (χ0v) is 11.9. The van der Waals surface area contributed by atoms with Crippen LogP contribution in [0.2, 0.25) is 0 Å². The van der Waals surface area contributed by atoms with Gasteiger partial charge in [0, 0.05) is 16.1 Å². The van der Waals surface area contributed by atoms with E-state index in [9.17, 15) is 4.79 Å². The molecule has 0 unspecified atom stereocenters. The summed E-state index contributed by atoms with van der Waals surface area (Å²) in [5.41, 5.74) is 2.49. The topological polar surface area (TPSA) is 52.9 Å². The van der Waals surface area contributed by atoms with E-state index in [1.165, 1.54) is 11.8 Å². The van der Waals surface area contributed by atoms with Crippen LogP contribution in [0.5, 0.6) is 0 Å². The Morgan fingerprint density at radius 1 is 1.25 bits per heavy atom. The monoisotopic (exact) mass is 282 g/mol. The number of nitriles is 1. The van der Waals surface area contributed by atoms with Gasteiger partial charge >= 0.3 is 0 Å². The molecule has 0 fully saturated rings. The summed E-state index contributed by atoms with van der Waals surface area (Å²) in [7, 11) is 0. The Balaban J connectivity index is 2.07. The molecule has 2 rings (SSSR count). The minimum Gasteiger partial charge on any atom is -0.322 e. The third-order valence-corrected chi connectivity index (χ3v) is 3.57. The Morgan fingerprint density at radius 2 is 2.00 bits per heavy atom. The van der Waals surface area contributed by atoms with E-state index < -0.39 is 0 Å². The first-order valence-electron chi connectivity index (χ1n) is 6.17. The molecule has 0 heterocycles. The number of nitrogens with one attached hydrogen (secondary N) is 1. The average Bonchev–Trinajstić information content (AvgIpc) is 2.46. The van der Waals surface area contributed by atoms with Gasteiger partial charge in [0.1, 0.15) is 0 Å².